The van der Waals surface area contributed by atoms with Crippen LogP contribution in [0.4, 0.5) is 10.7 Å². The molecular formula is C56H79N3O19. The average molecular weight is 1100 g/mol. The third kappa shape index (κ3) is 13.1. The number of hydrazone groups is 1. The molecule has 1 spiro atoms. The van der Waals surface area contributed by atoms with Gasteiger partial charge in [-0.15, -0.1) is 0 Å². The van der Waals surface area contributed by atoms with Crippen LogP contribution in [-0.4, -0.2) is 175 Å². The summed E-state index contributed by atoms with van der Waals surface area (Å²) in [6.45, 7) is 16.7. The summed E-state index contributed by atoms with van der Waals surface area (Å²) in [5, 5.41) is 49.4. The van der Waals surface area contributed by atoms with Gasteiger partial charge in [-0.05, 0) is 68.9 Å². The van der Waals surface area contributed by atoms with Gasteiger partial charge in [-0.25, -0.2) is 4.79 Å². The van der Waals surface area contributed by atoms with Gasteiger partial charge in [0.2, 0.25) is 0 Å². The van der Waals surface area contributed by atoms with Gasteiger partial charge in [0.25, 0.3) is 0 Å². The fourth-order valence-electron chi connectivity index (χ4n) is 11.7. The molecule has 22 heteroatoms. The lowest BCUT2D eigenvalue weighted by atomic mass is 9.71. The van der Waals surface area contributed by atoms with Crippen molar-refractivity contribution in [2.75, 3.05) is 34.0 Å². The van der Waals surface area contributed by atoms with Crippen LogP contribution < -0.4 is 0 Å². The highest BCUT2D eigenvalue weighted by atomic mass is 16.7. The van der Waals surface area contributed by atoms with Crippen molar-refractivity contribution >= 4 is 24.2 Å². The van der Waals surface area contributed by atoms with Gasteiger partial charge >= 0.3 is 17.9 Å². The van der Waals surface area contributed by atoms with Crippen LogP contribution in [0.3, 0.4) is 0 Å². The number of ether oxygens (including phenoxy) is 11. The number of nitrogens with zero attached hydrogens (tertiary/aromatic N) is 3. The lowest BCUT2D eigenvalue weighted by Crippen LogP contribution is -2.58. The number of amides is 1. The normalized spacial score (nSPS) is 40.6. The molecule has 5 saturated heterocycles. The topological polar surface area (TPSA) is 268 Å². The van der Waals surface area contributed by atoms with Gasteiger partial charge < -0.3 is 71.8 Å². The molecule has 2 bridgehead atoms. The second kappa shape index (κ2) is 25.4. The fraction of sp³-hybridized carbons (Fsp3) is 0.696. The van der Waals surface area contributed by atoms with E-state index >= 15 is 0 Å². The molecule has 432 valence electrons. The first-order valence-corrected chi connectivity index (χ1v) is 27.3. The van der Waals surface area contributed by atoms with E-state index in [4.69, 9.17) is 51.8 Å². The third-order valence-electron chi connectivity index (χ3n) is 16.4. The molecule has 0 saturated carbocycles. The van der Waals surface area contributed by atoms with Crippen LogP contribution in [0.5, 0.6) is 0 Å². The van der Waals surface area contributed by atoms with Crippen LogP contribution in [0.2, 0.25) is 0 Å². The first-order valence-electron chi connectivity index (χ1n) is 27.3. The Labute approximate surface area is 455 Å². The molecule has 20 atom stereocenters. The van der Waals surface area contributed by atoms with E-state index in [2.05, 4.69) is 49.7 Å². The standard InChI is InChI=1S/C48H72O14.C8H7N3O5/c1-11-25(2)43-28(5)17-18-47(62-43)23-34-20-33(61-47)16-15-27(4)42(26(3)13-12-14-32-24-55-45-40(49)29(6)19-35(46(51)58-34)48(32,45)52)59-39-22-37(54-10)44(31(8)57-39)60-38-21-36(53-9)41(50)30(7)56-38;12-8-10(3-4-15-8)9-5-6-1-2-7(16-6)11(13)14/h12-15,17-19,25-26,28,30-31,33-45,49-50,52H,11,16,20-24H2,1-10H3;1-2,5H,3-4H2. The highest BCUT2D eigenvalue weighted by molar-refractivity contribution is 5.79. The number of cyclic esters (lactones) is 1. The Balaban J connectivity index is 0.000000427. The number of aliphatic hydroxyl groups is 3. The van der Waals surface area contributed by atoms with E-state index in [0.29, 0.717) is 49.8 Å². The van der Waals surface area contributed by atoms with Crippen molar-refractivity contribution in [3.63, 3.8) is 0 Å². The Morgan fingerprint density at radius 3 is 2.37 bits per heavy atom. The Morgan fingerprint density at radius 2 is 1.68 bits per heavy atom. The first-order chi connectivity index (χ1) is 37.2. The Kier molecular flexibility index (Phi) is 19.4. The van der Waals surface area contributed by atoms with Crippen molar-refractivity contribution < 1.29 is 86.4 Å². The van der Waals surface area contributed by atoms with Gasteiger partial charge in [0.05, 0.1) is 68.2 Å². The molecule has 1 aromatic heterocycles. The smallest absolute Gasteiger partial charge is 0.433 e. The molecule has 8 aliphatic rings. The number of carbonyl (C=O) groups is 2. The van der Waals surface area contributed by atoms with Gasteiger partial charge in [0.15, 0.2) is 24.1 Å². The number of nitro groups is 1. The first kappa shape index (κ1) is 59.4. The third-order valence-corrected chi connectivity index (χ3v) is 16.4. The molecule has 20 unspecified atom stereocenters. The predicted molar refractivity (Wildman–Crippen MR) is 278 cm³/mol. The molecule has 0 aromatic carbocycles. The molecule has 1 aliphatic carbocycles. The zero-order valence-corrected chi connectivity index (χ0v) is 46.2. The number of rotatable bonds is 11. The van der Waals surface area contributed by atoms with Crippen LogP contribution in [0.1, 0.15) is 99.7 Å². The summed E-state index contributed by atoms with van der Waals surface area (Å²) in [5.41, 5.74) is 0.134. The maximum absolute atomic E-state index is 14.3. The number of allylic oxidation sites excluding steroid dienone is 2. The summed E-state index contributed by atoms with van der Waals surface area (Å²) < 4.78 is 73.1. The number of fused-ring (bicyclic) bond motifs is 2. The van der Waals surface area contributed by atoms with Crippen LogP contribution in [0.15, 0.2) is 80.9 Å². The minimum Gasteiger partial charge on any atom is -0.462 e. The minimum atomic E-state index is -1.84. The number of esters is 1. The SMILES string of the molecule is CCC(C)C1OC2(C=CC1C)CC1CC(CC=C(C)C(OC3CC(OC)C(OC4CC(OC)C(O)C(C)O4)C(C)O3)C(C)C=CC=C3COC4C(O)C(C)=CC(C(=O)O1)C34O)O2.O=C1OCCN1N=Cc1ccc([N+](=O)[O-])o1. The molecule has 9 rings (SSSR count). The molecule has 3 N–H and O–H groups in total. The van der Waals surface area contributed by atoms with Crippen molar-refractivity contribution in [3.8, 4) is 0 Å². The summed E-state index contributed by atoms with van der Waals surface area (Å²) in [6.07, 6.45) is 9.22. The molecule has 1 amide bonds. The average Bonchev–Trinajstić information content (AvgIpc) is 4.16. The lowest BCUT2D eigenvalue weighted by molar-refractivity contribution is -0.402. The van der Waals surface area contributed by atoms with E-state index in [1.807, 2.05) is 32.1 Å². The summed E-state index contributed by atoms with van der Waals surface area (Å²) in [6, 6.07) is 2.60. The van der Waals surface area contributed by atoms with Crippen LogP contribution in [0.25, 0.3) is 0 Å². The minimum absolute atomic E-state index is 0.0317. The molecular weight excluding hydrogens is 1020 g/mol. The second-order valence-corrected chi connectivity index (χ2v) is 21.9. The fourth-order valence-corrected chi connectivity index (χ4v) is 11.7. The van der Waals surface area contributed by atoms with E-state index in [-0.39, 0.29) is 60.9 Å². The quantitative estimate of drug-likeness (QED) is 0.0716. The number of carbonyl (C=O) groups excluding carboxylic acids is 2. The van der Waals surface area contributed by atoms with E-state index in [1.165, 1.54) is 18.3 Å². The molecule has 8 heterocycles. The van der Waals surface area contributed by atoms with Crippen molar-refractivity contribution in [3.05, 3.63) is 87.3 Å². The predicted octanol–water partition coefficient (Wildman–Crippen LogP) is 6.35. The molecule has 1 aromatic rings. The largest absolute Gasteiger partial charge is 0.462 e. The van der Waals surface area contributed by atoms with E-state index in [0.717, 1.165) is 17.0 Å². The molecule has 7 aliphatic heterocycles. The zero-order valence-electron chi connectivity index (χ0n) is 46.2. The molecule has 5 fully saturated rings. The number of hydrogen-bond donors (Lipinski definition) is 3. The van der Waals surface area contributed by atoms with Gasteiger partial charge in [0.1, 0.15) is 53.6 Å². The number of hydrogen-bond acceptors (Lipinski definition) is 20. The highest BCUT2D eigenvalue weighted by Gasteiger charge is 2.60. The van der Waals surface area contributed by atoms with Crippen molar-refractivity contribution in [2.45, 2.75) is 191 Å². The van der Waals surface area contributed by atoms with E-state index < -0.39 is 102 Å². The summed E-state index contributed by atoms with van der Waals surface area (Å²) >= 11 is 0. The van der Waals surface area contributed by atoms with Gasteiger partial charge in [0, 0.05) is 51.7 Å². The maximum atomic E-state index is 14.3. The van der Waals surface area contributed by atoms with Crippen LogP contribution >= 0.6 is 0 Å². The number of furan rings is 1. The van der Waals surface area contributed by atoms with Crippen molar-refractivity contribution in [1.82, 2.24) is 5.01 Å². The van der Waals surface area contributed by atoms with Gasteiger partial charge in [-0.1, -0.05) is 70.6 Å². The molecule has 0 radical (unpaired) electrons. The second-order valence-electron chi connectivity index (χ2n) is 21.9. The van der Waals surface area contributed by atoms with E-state index in [9.17, 15) is 35.0 Å². The Hall–Kier alpha value is -4.69. The van der Waals surface area contributed by atoms with Crippen molar-refractivity contribution in [1.29, 1.82) is 0 Å². The molecule has 78 heavy (non-hydrogen) atoms. The highest BCUT2D eigenvalue weighted by Crippen LogP contribution is 2.47. The molecule has 22 nitrogen and oxygen atoms in total. The Bertz CT molecular complexity index is 2460. The Morgan fingerprint density at radius 1 is 0.949 bits per heavy atom. The number of methoxy groups -OCH3 is 2. The lowest BCUT2D eigenvalue weighted by Gasteiger charge is -2.48. The monoisotopic (exact) mass is 1100 g/mol. The van der Waals surface area contributed by atoms with Crippen LogP contribution in [-0.2, 0) is 56.9 Å². The van der Waals surface area contributed by atoms with E-state index in [1.54, 1.807) is 40.2 Å². The van der Waals surface area contributed by atoms with Crippen LogP contribution in [0, 0.1) is 33.8 Å². The van der Waals surface area contributed by atoms with Crippen molar-refractivity contribution in [2.24, 2.45) is 28.8 Å². The maximum Gasteiger partial charge on any atom is 0.433 e. The van der Waals surface area contributed by atoms with Gasteiger partial charge in [-0.2, -0.15) is 10.1 Å². The zero-order chi connectivity index (χ0) is 56.2. The summed E-state index contributed by atoms with van der Waals surface area (Å²) in [5.74, 6) is -2.73. The van der Waals surface area contributed by atoms with Gasteiger partial charge in [-0.3, -0.25) is 14.9 Å². The summed E-state index contributed by atoms with van der Waals surface area (Å²) in [4.78, 5) is 35.0. The number of aliphatic hydroxyl groups excluding tert-OH is 2. The summed E-state index contributed by atoms with van der Waals surface area (Å²) in [7, 11) is 3.22.